The van der Waals surface area contributed by atoms with Gasteiger partial charge in [0.15, 0.2) is 0 Å². The van der Waals surface area contributed by atoms with Crippen molar-refractivity contribution in [3.63, 3.8) is 0 Å². The molecule has 1 rings (SSSR count). The quantitative estimate of drug-likeness (QED) is 0.355. The third-order valence-electron chi connectivity index (χ3n) is 1.47. The monoisotopic (exact) mass is 338 g/mol. The number of hydrogen-bond acceptors (Lipinski definition) is 1. The van der Waals surface area contributed by atoms with Gasteiger partial charge >= 0.3 is 32.7 Å². The van der Waals surface area contributed by atoms with Crippen molar-refractivity contribution in [2.24, 2.45) is 10.9 Å². The Hall–Kier alpha value is 0.0539. The van der Waals surface area contributed by atoms with Crippen LogP contribution < -0.4 is 5.32 Å². The molecule has 2 nitrogen and oxygen atoms in total. The Morgan fingerprint density at radius 2 is 1.89 bits per heavy atom. The summed E-state index contributed by atoms with van der Waals surface area (Å²) in [7, 11) is 0. The van der Waals surface area contributed by atoms with Crippen LogP contribution in [0.15, 0.2) is 23.2 Å². The van der Waals surface area contributed by atoms with E-state index < -0.39 is 0 Å². The second-order valence-corrected chi connectivity index (χ2v) is 4.73. The minimum Gasteiger partial charge on any atom is -0.548 e. The summed E-state index contributed by atoms with van der Waals surface area (Å²) in [5.74, 6) is 0.626. The first-order chi connectivity index (χ1) is 8.54. The maximum absolute atomic E-state index is 4.05. The number of rotatable bonds is 4. The molecule has 0 heterocycles. The van der Waals surface area contributed by atoms with Gasteiger partial charge in [0.2, 0.25) is 0 Å². The molecule has 19 heavy (non-hydrogen) atoms. The zero-order valence-electron chi connectivity index (χ0n) is 13.4. The molecule has 0 unspecified atom stereocenters. The fourth-order valence-electron chi connectivity index (χ4n) is 0.743. The molecule has 0 bridgehead atoms. The Kier molecular flexibility index (Phi) is 25.8. The van der Waals surface area contributed by atoms with Crippen LogP contribution in [0.2, 0.25) is 0 Å². The van der Waals surface area contributed by atoms with Gasteiger partial charge in [0.25, 0.3) is 0 Å². The summed E-state index contributed by atoms with van der Waals surface area (Å²) in [6, 6.07) is 0.441. The number of nitrogens with zero attached hydrogens (tertiary/aromatic N) is 1. The van der Waals surface area contributed by atoms with E-state index in [1.807, 2.05) is 32.4 Å². The Bertz CT molecular complexity index is 209. The van der Waals surface area contributed by atoms with E-state index in [4.69, 9.17) is 0 Å². The van der Waals surface area contributed by atoms with Crippen LogP contribution in [0.4, 0.5) is 0 Å². The predicted molar refractivity (Wildman–Crippen MR) is 82.6 cm³/mol. The van der Waals surface area contributed by atoms with Crippen molar-refractivity contribution < 1.29 is 32.7 Å². The molecule has 0 aromatic heterocycles. The maximum atomic E-state index is 4.05. The van der Waals surface area contributed by atoms with Crippen LogP contribution in [-0.2, 0) is 32.7 Å². The van der Waals surface area contributed by atoms with Gasteiger partial charge in [-0.05, 0) is 25.8 Å². The van der Waals surface area contributed by atoms with E-state index in [0.717, 1.165) is 13.0 Å². The number of allylic oxidation sites excluding steroid dienone is 4. The molecule has 0 aromatic rings. The fourth-order valence-corrected chi connectivity index (χ4v) is 0.743. The molecule has 0 aliphatic heterocycles. The molecular weight excluding hydrogens is 309 g/mol. The summed E-state index contributed by atoms with van der Waals surface area (Å²) in [6.07, 6.45) is 14.8. The maximum Gasteiger partial charge on any atom is 3.00 e. The van der Waals surface area contributed by atoms with Crippen LogP contribution in [0.5, 0.6) is 0 Å². The van der Waals surface area contributed by atoms with Crippen molar-refractivity contribution in [1.82, 2.24) is 5.32 Å². The second-order valence-electron chi connectivity index (χ2n) is 4.73. The minimum absolute atomic E-state index is 0. The summed E-state index contributed by atoms with van der Waals surface area (Å²) in [4.78, 5) is 4.05. The molecule has 0 atom stereocenters. The smallest absolute Gasteiger partial charge is 0.548 e. The van der Waals surface area contributed by atoms with Crippen molar-refractivity contribution in [2.75, 3.05) is 6.54 Å². The molecule has 0 aromatic carbocycles. The largest absolute Gasteiger partial charge is 3.00 e. The fraction of sp³-hybridized carbons (Fsp3) is 0.625. The molecule has 3 heteroatoms. The SMILES string of the molecule is CC(C)CN=[C-]NC(C)C.C[CH-]C.[C-]1=CC=CC1.[Y+3]. The second kappa shape index (κ2) is 20.4. The van der Waals surface area contributed by atoms with Gasteiger partial charge in [0.05, 0.1) is 0 Å². The molecule has 106 valence electrons. The van der Waals surface area contributed by atoms with Crippen LogP contribution in [0, 0.1) is 18.4 Å². The van der Waals surface area contributed by atoms with Gasteiger partial charge in [0.1, 0.15) is 0 Å². The Morgan fingerprint density at radius 3 is 2.16 bits per heavy atom. The standard InChI is InChI=1S/C8H17N2.C5H5.C3H7.Y/c1-7(2)5-9-6-10-8(3)4;1-2-4-5-3-1;1-3-2;/h7-8H,5H2,1-4H3,(H,9,10);1-3H,4H2;3H,1-2H3;/q3*-1;+3. The third-order valence-corrected chi connectivity index (χ3v) is 1.47. The minimum atomic E-state index is 0. The van der Waals surface area contributed by atoms with Gasteiger partial charge in [-0.15, -0.1) is 6.42 Å². The van der Waals surface area contributed by atoms with E-state index in [9.17, 15) is 0 Å². The van der Waals surface area contributed by atoms with Gasteiger partial charge in [-0.3, -0.25) is 6.08 Å². The average Bonchev–Trinajstić information content (AvgIpc) is 2.83. The topological polar surface area (TPSA) is 24.4 Å². The van der Waals surface area contributed by atoms with Crippen LogP contribution in [-0.4, -0.2) is 18.9 Å². The molecule has 1 aliphatic rings. The normalized spacial score (nSPS) is 11.8. The molecular formula is C16H29N2Y. The van der Waals surface area contributed by atoms with Crippen molar-refractivity contribution in [1.29, 1.82) is 0 Å². The number of nitrogens with one attached hydrogen (secondary N) is 1. The summed E-state index contributed by atoms with van der Waals surface area (Å²) in [5.41, 5.74) is 0. The van der Waals surface area contributed by atoms with Gasteiger partial charge in [0, 0.05) is 6.54 Å². The van der Waals surface area contributed by atoms with Crippen LogP contribution in [0.25, 0.3) is 0 Å². The molecule has 0 fully saturated rings. The molecule has 0 amide bonds. The van der Waals surface area contributed by atoms with E-state index in [-0.39, 0.29) is 32.7 Å². The van der Waals surface area contributed by atoms with Crippen LogP contribution in [0.3, 0.4) is 0 Å². The zero-order chi connectivity index (χ0) is 14.2. The molecule has 1 N–H and O–H groups in total. The first kappa shape index (κ1) is 24.1. The first-order valence-electron chi connectivity index (χ1n) is 6.67. The van der Waals surface area contributed by atoms with E-state index in [1.54, 1.807) is 0 Å². The van der Waals surface area contributed by atoms with Crippen LogP contribution in [0.1, 0.15) is 48.0 Å². The van der Waals surface area contributed by atoms with E-state index in [0.29, 0.717) is 12.0 Å². The summed E-state index contributed by atoms with van der Waals surface area (Å²) >= 11 is 0. The van der Waals surface area contributed by atoms with Crippen molar-refractivity contribution in [3.8, 4) is 0 Å². The number of hydrogen-bond donors (Lipinski definition) is 1. The summed E-state index contributed by atoms with van der Waals surface area (Å²) < 4.78 is 0. The Balaban J connectivity index is -0.000000237. The summed E-state index contributed by atoms with van der Waals surface area (Å²) in [6.45, 7) is 13.3. The molecule has 0 spiro atoms. The van der Waals surface area contributed by atoms with Gasteiger partial charge in [-0.2, -0.15) is 19.9 Å². The average molecular weight is 338 g/mol. The predicted octanol–water partition coefficient (Wildman–Crippen LogP) is 4.08. The zero-order valence-corrected chi connectivity index (χ0v) is 16.2. The van der Waals surface area contributed by atoms with E-state index in [1.165, 1.54) is 0 Å². The van der Waals surface area contributed by atoms with E-state index in [2.05, 4.69) is 56.5 Å². The van der Waals surface area contributed by atoms with Crippen molar-refractivity contribution in [3.05, 3.63) is 30.7 Å². The van der Waals surface area contributed by atoms with Gasteiger partial charge in [-0.1, -0.05) is 13.8 Å². The third kappa shape index (κ3) is 32.0. The van der Waals surface area contributed by atoms with Crippen LogP contribution >= 0.6 is 0 Å². The molecule has 0 saturated carbocycles. The Labute approximate surface area is 146 Å². The van der Waals surface area contributed by atoms with Gasteiger partial charge < -0.3 is 23.1 Å². The number of aliphatic imine (C=N–C) groups is 1. The summed E-state index contributed by atoms with van der Waals surface area (Å²) in [5, 5.41) is 2.98. The Morgan fingerprint density at radius 1 is 1.32 bits per heavy atom. The van der Waals surface area contributed by atoms with E-state index >= 15 is 0 Å². The molecule has 0 radical (unpaired) electrons. The molecule has 0 saturated heterocycles. The first-order valence-corrected chi connectivity index (χ1v) is 6.67. The van der Waals surface area contributed by atoms with Gasteiger partial charge in [-0.25, -0.2) is 12.2 Å². The van der Waals surface area contributed by atoms with Crippen molar-refractivity contribution >= 4 is 6.34 Å². The van der Waals surface area contributed by atoms with Crippen molar-refractivity contribution in [2.45, 2.75) is 54.0 Å². The molecule has 1 aliphatic carbocycles.